The van der Waals surface area contributed by atoms with E-state index < -0.39 is 0 Å². The van der Waals surface area contributed by atoms with Gasteiger partial charge in [0.2, 0.25) is 0 Å². The summed E-state index contributed by atoms with van der Waals surface area (Å²) >= 11 is 1.37. The van der Waals surface area contributed by atoms with Gasteiger partial charge in [-0.25, -0.2) is 0 Å². The van der Waals surface area contributed by atoms with Crippen molar-refractivity contribution in [3.63, 3.8) is 0 Å². The van der Waals surface area contributed by atoms with Crippen molar-refractivity contribution in [1.82, 2.24) is 14.5 Å². The molecule has 1 fully saturated rings. The van der Waals surface area contributed by atoms with Gasteiger partial charge in [0.1, 0.15) is 0 Å². The number of hydrogen-bond acceptors (Lipinski definition) is 5. The Balaban J connectivity index is 1.88. The standard InChI is InChI=1S/C7H11N3OS/c11-7-1-2-10(4-7)3-6-5-12-9-8-6/h5,7,11H,1-4H2/t7-/m1/s1. The molecule has 5 heteroatoms. The molecule has 0 saturated carbocycles. The molecular formula is C7H11N3OS. The minimum absolute atomic E-state index is 0.142. The highest BCUT2D eigenvalue weighted by molar-refractivity contribution is 7.03. The van der Waals surface area contributed by atoms with Crippen molar-refractivity contribution in [2.45, 2.75) is 19.1 Å². The molecule has 1 aliphatic rings. The Bertz CT molecular complexity index is 239. The van der Waals surface area contributed by atoms with Crippen LogP contribution in [0.5, 0.6) is 0 Å². The second kappa shape index (κ2) is 3.47. The van der Waals surface area contributed by atoms with E-state index in [1.165, 1.54) is 11.5 Å². The second-order valence-corrected chi connectivity index (χ2v) is 3.68. The summed E-state index contributed by atoms with van der Waals surface area (Å²) in [5.74, 6) is 0. The highest BCUT2D eigenvalue weighted by atomic mass is 32.1. The predicted octanol–water partition coefficient (Wildman–Crippen LogP) is 0.105. The lowest BCUT2D eigenvalue weighted by Gasteiger charge is -2.11. The third kappa shape index (κ3) is 1.80. The molecule has 0 unspecified atom stereocenters. The summed E-state index contributed by atoms with van der Waals surface area (Å²) in [5, 5.41) is 15.2. The van der Waals surface area contributed by atoms with E-state index in [4.69, 9.17) is 0 Å². The van der Waals surface area contributed by atoms with Crippen molar-refractivity contribution < 1.29 is 5.11 Å². The van der Waals surface area contributed by atoms with Gasteiger partial charge in [-0.05, 0) is 18.0 Å². The van der Waals surface area contributed by atoms with Gasteiger partial charge in [0.05, 0.1) is 11.8 Å². The number of β-amino-alcohol motifs (C(OH)–C–C–N with tert-alkyl or cyclic N) is 1. The van der Waals surface area contributed by atoms with Crippen LogP contribution in [0.4, 0.5) is 0 Å². The Morgan fingerprint density at radius 1 is 1.75 bits per heavy atom. The van der Waals surface area contributed by atoms with Crippen LogP contribution in [0.15, 0.2) is 5.38 Å². The Morgan fingerprint density at radius 3 is 3.25 bits per heavy atom. The van der Waals surface area contributed by atoms with Gasteiger partial charge < -0.3 is 5.11 Å². The first-order chi connectivity index (χ1) is 5.84. The molecule has 0 amide bonds. The molecule has 1 saturated heterocycles. The van der Waals surface area contributed by atoms with Crippen LogP contribution in [-0.4, -0.2) is 38.8 Å². The van der Waals surface area contributed by atoms with Gasteiger partial charge in [-0.3, -0.25) is 4.90 Å². The van der Waals surface area contributed by atoms with E-state index in [2.05, 4.69) is 14.5 Å². The molecule has 0 spiro atoms. The van der Waals surface area contributed by atoms with Crippen LogP contribution in [0.2, 0.25) is 0 Å². The fraction of sp³-hybridized carbons (Fsp3) is 0.714. The number of likely N-dealkylation sites (tertiary alicyclic amines) is 1. The first kappa shape index (κ1) is 8.10. The minimum atomic E-state index is -0.142. The molecule has 0 aliphatic carbocycles. The van der Waals surface area contributed by atoms with Gasteiger partial charge in [0.15, 0.2) is 0 Å². The normalized spacial score (nSPS) is 24.9. The Labute approximate surface area is 75.0 Å². The molecule has 2 rings (SSSR count). The summed E-state index contributed by atoms with van der Waals surface area (Å²) < 4.78 is 3.79. The molecule has 1 aromatic heterocycles. The maximum Gasteiger partial charge on any atom is 0.0895 e. The largest absolute Gasteiger partial charge is 0.392 e. The van der Waals surface area contributed by atoms with Crippen LogP contribution in [0, 0.1) is 0 Å². The maximum atomic E-state index is 9.25. The summed E-state index contributed by atoms with van der Waals surface area (Å²) in [7, 11) is 0. The summed E-state index contributed by atoms with van der Waals surface area (Å²) in [6, 6.07) is 0. The quantitative estimate of drug-likeness (QED) is 0.710. The molecule has 1 N–H and O–H groups in total. The highest BCUT2D eigenvalue weighted by Crippen LogP contribution is 2.12. The number of aliphatic hydroxyl groups is 1. The van der Waals surface area contributed by atoms with Crippen LogP contribution in [0.1, 0.15) is 12.1 Å². The summed E-state index contributed by atoms with van der Waals surface area (Å²) in [4.78, 5) is 2.20. The third-order valence-corrected chi connectivity index (χ3v) is 2.59. The van der Waals surface area contributed by atoms with Gasteiger partial charge >= 0.3 is 0 Å². The summed E-state index contributed by atoms with van der Waals surface area (Å²) in [6.45, 7) is 2.57. The predicted molar refractivity (Wildman–Crippen MR) is 45.8 cm³/mol. The van der Waals surface area contributed by atoms with Gasteiger partial charge in [0, 0.05) is 25.0 Å². The maximum absolute atomic E-state index is 9.25. The molecule has 2 heterocycles. The summed E-state index contributed by atoms with van der Waals surface area (Å²) in [5.41, 5.74) is 1.01. The topological polar surface area (TPSA) is 49.2 Å². The highest BCUT2D eigenvalue weighted by Gasteiger charge is 2.20. The van der Waals surface area contributed by atoms with Gasteiger partial charge in [-0.1, -0.05) is 4.49 Å². The molecule has 66 valence electrons. The third-order valence-electron chi connectivity index (χ3n) is 2.04. The number of hydrogen-bond donors (Lipinski definition) is 1. The Kier molecular flexibility index (Phi) is 2.34. The number of aromatic nitrogens is 2. The lowest BCUT2D eigenvalue weighted by molar-refractivity contribution is 0.174. The van der Waals surface area contributed by atoms with Gasteiger partial charge in [-0.2, -0.15) is 0 Å². The van der Waals surface area contributed by atoms with E-state index in [1.807, 2.05) is 5.38 Å². The molecule has 0 aromatic carbocycles. The monoisotopic (exact) mass is 185 g/mol. The minimum Gasteiger partial charge on any atom is -0.392 e. The van der Waals surface area contributed by atoms with Crippen molar-refractivity contribution in [2.75, 3.05) is 13.1 Å². The van der Waals surface area contributed by atoms with Crippen molar-refractivity contribution >= 4 is 11.5 Å². The fourth-order valence-electron chi connectivity index (χ4n) is 1.44. The smallest absolute Gasteiger partial charge is 0.0895 e. The summed E-state index contributed by atoms with van der Waals surface area (Å²) in [6.07, 6.45) is 0.744. The molecule has 12 heavy (non-hydrogen) atoms. The van der Waals surface area contributed by atoms with Crippen molar-refractivity contribution in [3.8, 4) is 0 Å². The second-order valence-electron chi connectivity index (χ2n) is 3.07. The Hall–Kier alpha value is -0.520. The number of aliphatic hydroxyl groups excluding tert-OH is 1. The molecule has 0 radical (unpaired) electrons. The van der Waals surface area contributed by atoms with Crippen LogP contribution < -0.4 is 0 Å². The molecule has 0 bridgehead atoms. The van der Waals surface area contributed by atoms with E-state index in [0.29, 0.717) is 0 Å². The molecule has 1 aliphatic heterocycles. The van der Waals surface area contributed by atoms with Gasteiger partial charge in [-0.15, -0.1) is 5.10 Å². The van der Waals surface area contributed by atoms with E-state index >= 15 is 0 Å². The average molecular weight is 185 g/mol. The fourth-order valence-corrected chi connectivity index (χ4v) is 1.88. The van der Waals surface area contributed by atoms with Crippen LogP contribution in [0.25, 0.3) is 0 Å². The van der Waals surface area contributed by atoms with E-state index in [-0.39, 0.29) is 6.10 Å². The lowest BCUT2D eigenvalue weighted by Crippen LogP contribution is -2.21. The van der Waals surface area contributed by atoms with Crippen molar-refractivity contribution in [3.05, 3.63) is 11.1 Å². The lowest BCUT2D eigenvalue weighted by atomic mass is 10.3. The zero-order valence-corrected chi connectivity index (χ0v) is 7.50. The average Bonchev–Trinajstić information content (AvgIpc) is 2.63. The number of rotatable bonds is 2. The SMILES string of the molecule is O[C@@H]1CCN(Cc2csnn2)C1. The molecule has 1 aromatic rings. The van der Waals surface area contributed by atoms with Crippen LogP contribution in [-0.2, 0) is 6.54 Å². The first-order valence-corrected chi connectivity index (χ1v) is 4.84. The zero-order valence-electron chi connectivity index (χ0n) is 6.68. The molecule has 1 atom stereocenters. The van der Waals surface area contributed by atoms with Crippen LogP contribution >= 0.6 is 11.5 Å². The molecular weight excluding hydrogens is 174 g/mol. The van der Waals surface area contributed by atoms with E-state index in [1.54, 1.807) is 0 Å². The van der Waals surface area contributed by atoms with Crippen LogP contribution in [0.3, 0.4) is 0 Å². The first-order valence-electron chi connectivity index (χ1n) is 4.01. The number of nitrogens with zero attached hydrogens (tertiary/aromatic N) is 3. The van der Waals surface area contributed by atoms with Crippen molar-refractivity contribution in [2.24, 2.45) is 0 Å². The van der Waals surface area contributed by atoms with Gasteiger partial charge in [0.25, 0.3) is 0 Å². The Morgan fingerprint density at radius 2 is 2.67 bits per heavy atom. The van der Waals surface area contributed by atoms with E-state index in [0.717, 1.165) is 31.7 Å². The zero-order chi connectivity index (χ0) is 8.39. The molecule has 4 nitrogen and oxygen atoms in total. The van der Waals surface area contributed by atoms with E-state index in [9.17, 15) is 5.11 Å². The van der Waals surface area contributed by atoms with Crippen molar-refractivity contribution in [1.29, 1.82) is 0 Å².